The molecule has 0 fully saturated rings. The zero-order valence-corrected chi connectivity index (χ0v) is 16.9. The van der Waals surface area contributed by atoms with Gasteiger partial charge in [0.15, 0.2) is 0 Å². The number of ether oxygens (including phenoxy) is 1. The molecule has 0 bridgehead atoms. The van der Waals surface area contributed by atoms with E-state index in [4.69, 9.17) is 14.8 Å². The minimum absolute atomic E-state index is 0.235. The number of fused-ring (bicyclic) bond motifs is 2. The quantitative estimate of drug-likeness (QED) is 0.383. The molecular formula is C23H31N3O2. The summed E-state index contributed by atoms with van der Waals surface area (Å²) in [6.07, 6.45) is 4.72. The molecule has 0 atom stereocenters. The van der Waals surface area contributed by atoms with Gasteiger partial charge in [0.25, 0.3) is 0 Å². The molecule has 0 saturated carbocycles. The summed E-state index contributed by atoms with van der Waals surface area (Å²) >= 11 is 0. The van der Waals surface area contributed by atoms with E-state index >= 15 is 0 Å². The maximum absolute atomic E-state index is 8.94. The van der Waals surface area contributed by atoms with Crippen LogP contribution in [0, 0.1) is 0 Å². The number of hydrogen-bond donors (Lipinski definition) is 2. The number of likely N-dealkylation sites (N-methyl/N-ethyl adjacent to an activating group) is 1. The molecule has 2 aromatic carbocycles. The van der Waals surface area contributed by atoms with Gasteiger partial charge in [-0.25, -0.2) is 4.98 Å². The van der Waals surface area contributed by atoms with E-state index < -0.39 is 0 Å². The second-order valence-corrected chi connectivity index (χ2v) is 7.25. The maximum atomic E-state index is 8.94. The molecule has 0 aliphatic rings. The summed E-state index contributed by atoms with van der Waals surface area (Å²) < 4.78 is 5.42. The molecular weight excluding hydrogens is 350 g/mol. The molecule has 1 heterocycles. The Morgan fingerprint density at radius 1 is 0.964 bits per heavy atom. The standard InChI is InChI=1S/C23H31N3O2/c1-26(15-16-27)14-8-4-3-7-13-24-23-19-9-5-6-10-21(19)25-22-12-11-18(28-2)17-20(22)23/h5-6,9-12,17,27H,3-4,7-8,13-16H2,1-2H3,(H,24,25). The minimum Gasteiger partial charge on any atom is -0.497 e. The van der Waals surface area contributed by atoms with Crippen molar-refractivity contribution in [2.45, 2.75) is 25.7 Å². The molecule has 3 aromatic rings. The number of aliphatic hydroxyl groups excluding tert-OH is 1. The van der Waals surface area contributed by atoms with Crippen LogP contribution >= 0.6 is 0 Å². The van der Waals surface area contributed by atoms with Crippen LogP contribution < -0.4 is 10.1 Å². The van der Waals surface area contributed by atoms with Crippen molar-refractivity contribution in [3.63, 3.8) is 0 Å². The van der Waals surface area contributed by atoms with Gasteiger partial charge in [-0.3, -0.25) is 0 Å². The molecule has 0 radical (unpaired) electrons. The number of aliphatic hydroxyl groups is 1. The topological polar surface area (TPSA) is 57.6 Å². The fourth-order valence-corrected chi connectivity index (χ4v) is 3.54. The van der Waals surface area contributed by atoms with E-state index in [0.717, 1.165) is 59.3 Å². The maximum Gasteiger partial charge on any atom is 0.119 e. The van der Waals surface area contributed by atoms with Crippen molar-refractivity contribution in [1.29, 1.82) is 0 Å². The summed E-state index contributed by atoms with van der Waals surface area (Å²) in [5.74, 6) is 0.847. The highest BCUT2D eigenvalue weighted by atomic mass is 16.5. The third-order valence-electron chi connectivity index (χ3n) is 5.14. The summed E-state index contributed by atoms with van der Waals surface area (Å²) in [5.41, 5.74) is 3.13. The van der Waals surface area contributed by atoms with Gasteiger partial charge in [-0.2, -0.15) is 0 Å². The summed E-state index contributed by atoms with van der Waals surface area (Å²) in [6, 6.07) is 14.3. The van der Waals surface area contributed by atoms with Crippen molar-refractivity contribution >= 4 is 27.5 Å². The number of nitrogens with zero attached hydrogens (tertiary/aromatic N) is 2. The number of pyridine rings is 1. The summed E-state index contributed by atoms with van der Waals surface area (Å²) in [7, 11) is 3.76. The monoisotopic (exact) mass is 381 g/mol. The average molecular weight is 382 g/mol. The number of hydrogen-bond acceptors (Lipinski definition) is 5. The van der Waals surface area contributed by atoms with Gasteiger partial charge in [-0.05, 0) is 50.7 Å². The molecule has 3 rings (SSSR count). The fourth-order valence-electron chi connectivity index (χ4n) is 3.54. The molecule has 0 aliphatic carbocycles. The Balaban J connectivity index is 1.64. The van der Waals surface area contributed by atoms with Crippen molar-refractivity contribution in [1.82, 2.24) is 9.88 Å². The zero-order valence-electron chi connectivity index (χ0n) is 16.9. The Morgan fingerprint density at radius 3 is 2.57 bits per heavy atom. The number of aromatic nitrogens is 1. The Labute approximate surface area is 167 Å². The molecule has 0 saturated heterocycles. The molecule has 0 unspecified atom stereocenters. The SMILES string of the molecule is COc1ccc2nc3ccccc3c(NCCCCCCN(C)CCO)c2c1. The van der Waals surface area contributed by atoms with Crippen LogP contribution in [0.2, 0.25) is 0 Å². The Bertz CT molecular complexity index is 898. The van der Waals surface area contributed by atoms with Crippen LogP contribution in [0.5, 0.6) is 5.75 Å². The largest absolute Gasteiger partial charge is 0.497 e. The van der Waals surface area contributed by atoms with Crippen molar-refractivity contribution in [2.75, 3.05) is 45.7 Å². The molecule has 5 nitrogen and oxygen atoms in total. The van der Waals surface area contributed by atoms with Crippen LogP contribution in [0.25, 0.3) is 21.8 Å². The number of rotatable bonds is 11. The molecule has 28 heavy (non-hydrogen) atoms. The van der Waals surface area contributed by atoms with Crippen molar-refractivity contribution in [3.05, 3.63) is 42.5 Å². The van der Waals surface area contributed by atoms with Gasteiger partial charge in [-0.15, -0.1) is 0 Å². The summed E-state index contributed by atoms with van der Waals surface area (Å²) in [6.45, 7) is 2.98. The van der Waals surface area contributed by atoms with Crippen molar-refractivity contribution in [2.24, 2.45) is 0 Å². The van der Waals surface area contributed by atoms with E-state index in [1.165, 1.54) is 19.3 Å². The van der Waals surface area contributed by atoms with E-state index in [2.05, 4.69) is 41.5 Å². The third kappa shape index (κ3) is 5.12. The predicted octanol–water partition coefficient (Wildman–Crippen LogP) is 4.29. The Hall–Kier alpha value is -2.37. The Kier molecular flexibility index (Phi) is 7.46. The van der Waals surface area contributed by atoms with Gasteiger partial charge < -0.3 is 20.1 Å². The van der Waals surface area contributed by atoms with Crippen LogP contribution in [0.3, 0.4) is 0 Å². The van der Waals surface area contributed by atoms with Gasteiger partial charge in [0.05, 0.1) is 30.4 Å². The molecule has 0 amide bonds. The lowest BCUT2D eigenvalue weighted by atomic mass is 10.1. The van der Waals surface area contributed by atoms with E-state index in [9.17, 15) is 0 Å². The van der Waals surface area contributed by atoms with Crippen LogP contribution in [0.1, 0.15) is 25.7 Å². The number of methoxy groups -OCH3 is 1. The van der Waals surface area contributed by atoms with Gasteiger partial charge in [0.2, 0.25) is 0 Å². The van der Waals surface area contributed by atoms with Gasteiger partial charge in [0.1, 0.15) is 5.75 Å². The van der Waals surface area contributed by atoms with E-state index in [1.807, 2.05) is 18.2 Å². The number of benzene rings is 2. The lowest BCUT2D eigenvalue weighted by molar-refractivity contribution is 0.219. The van der Waals surface area contributed by atoms with Gasteiger partial charge in [-0.1, -0.05) is 31.0 Å². The summed E-state index contributed by atoms with van der Waals surface area (Å²) in [4.78, 5) is 6.98. The van der Waals surface area contributed by atoms with Gasteiger partial charge in [0, 0.05) is 23.9 Å². The molecule has 2 N–H and O–H groups in total. The van der Waals surface area contributed by atoms with E-state index in [0.29, 0.717) is 0 Å². The van der Waals surface area contributed by atoms with Crippen LogP contribution in [0.4, 0.5) is 5.69 Å². The fraction of sp³-hybridized carbons (Fsp3) is 0.435. The smallest absolute Gasteiger partial charge is 0.119 e. The zero-order chi connectivity index (χ0) is 19.8. The van der Waals surface area contributed by atoms with E-state index in [-0.39, 0.29) is 6.61 Å². The van der Waals surface area contributed by atoms with Crippen LogP contribution in [-0.4, -0.2) is 55.4 Å². The molecule has 5 heteroatoms. The highest BCUT2D eigenvalue weighted by Gasteiger charge is 2.09. The third-order valence-corrected chi connectivity index (χ3v) is 5.14. The van der Waals surface area contributed by atoms with Crippen molar-refractivity contribution in [3.8, 4) is 5.75 Å². The van der Waals surface area contributed by atoms with Crippen LogP contribution in [-0.2, 0) is 0 Å². The second kappa shape index (κ2) is 10.2. The van der Waals surface area contributed by atoms with Crippen LogP contribution in [0.15, 0.2) is 42.5 Å². The molecule has 0 aliphatic heterocycles. The van der Waals surface area contributed by atoms with Gasteiger partial charge >= 0.3 is 0 Å². The predicted molar refractivity (Wildman–Crippen MR) is 117 cm³/mol. The number of unbranched alkanes of at least 4 members (excludes halogenated alkanes) is 3. The molecule has 0 spiro atoms. The number of para-hydroxylation sites is 1. The Morgan fingerprint density at radius 2 is 1.75 bits per heavy atom. The first-order chi connectivity index (χ1) is 13.7. The van der Waals surface area contributed by atoms with E-state index in [1.54, 1.807) is 7.11 Å². The normalized spacial score (nSPS) is 11.4. The highest BCUT2D eigenvalue weighted by molar-refractivity contribution is 6.07. The van der Waals surface area contributed by atoms with Crippen molar-refractivity contribution < 1.29 is 9.84 Å². The average Bonchev–Trinajstić information content (AvgIpc) is 2.72. The molecule has 150 valence electrons. The minimum atomic E-state index is 0.235. The first-order valence-electron chi connectivity index (χ1n) is 10.1. The first-order valence-corrected chi connectivity index (χ1v) is 10.1. The lowest BCUT2D eigenvalue weighted by Gasteiger charge is -2.15. The summed E-state index contributed by atoms with van der Waals surface area (Å²) in [5, 5.41) is 14.8. The first kappa shape index (κ1) is 20.4. The number of nitrogens with one attached hydrogen (secondary N) is 1. The second-order valence-electron chi connectivity index (χ2n) is 7.25. The molecule has 1 aromatic heterocycles. The highest BCUT2D eigenvalue weighted by Crippen LogP contribution is 2.33. The lowest BCUT2D eigenvalue weighted by Crippen LogP contribution is -2.23. The number of anilines is 1.